The molecule has 4 nitrogen and oxygen atoms in total. The molecule has 0 radical (unpaired) electrons. The van der Waals surface area contributed by atoms with Crippen LogP contribution < -0.4 is 9.80 Å². The van der Waals surface area contributed by atoms with Crippen LogP contribution in [0.25, 0.3) is 6.08 Å². The average Bonchev–Trinajstić information content (AvgIpc) is 3.32. The molecule has 1 fully saturated rings. The van der Waals surface area contributed by atoms with Crippen molar-refractivity contribution in [2.45, 2.75) is 46.2 Å². The molecule has 176 valence electrons. The van der Waals surface area contributed by atoms with E-state index in [0.29, 0.717) is 9.79 Å². The molecular formula is C28H30N2O2S2. The normalized spacial score (nSPS) is 21.0. The molecule has 0 spiro atoms. The van der Waals surface area contributed by atoms with Gasteiger partial charge in [-0.1, -0.05) is 54.6 Å². The van der Waals surface area contributed by atoms with Crippen LogP contribution in [0.5, 0.6) is 0 Å². The van der Waals surface area contributed by atoms with Gasteiger partial charge in [0.15, 0.2) is 0 Å². The molecule has 3 aromatic rings. The van der Waals surface area contributed by atoms with Gasteiger partial charge in [-0.05, 0) is 55.3 Å². The van der Waals surface area contributed by atoms with Crippen LogP contribution in [0.1, 0.15) is 25.0 Å². The van der Waals surface area contributed by atoms with E-state index >= 15 is 0 Å². The lowest BCUT2D eigenvalue weighted by atomic mass is 9.96. The highest BCUT2D eigenvalue weighted by Crippen LogP contribution is 2.54. The first kappa shape index (κ1) is 23.1. The van der Waals surface area contributed by atoms with E-state index in [2.05, 4.69) is 66.1 Å². The summed E-state index contributed by atoms with van der Waals surface area (Å²) >= 11 is 1.92. The second-order valence-corrected chi connectivity index (χ2v) is 12.9. The van der Waals surface area contributed by atoms with Crippen molar-refractivity contribution < 1.29 is 8.42 Å². The first-order chi connectivity index (χ1) is 16.2. The molecule has 2 aliphatic heterocycles. The number of fused-ring (bicyclic) bond motifs is 3. The van der Waals surface area contributed by atoms with Gasteiger partial charge >= 0.3 is 0 Å². The second kappa shape index (κ2) is 8.51. The highest BCUT2D eigenvalue weighted by Gasteiger charge is 2.51. The van der Waals surface area contributed by atoms with E-state index in [0.717, 1.165) is 17.7 Å². The monoisotopic (exact) mass is 490 g/mol. The SMILES string of the molecule is CN(C)c1ccc(C=CC2SC3Cc4cccc(S(=O)(=O)c5ccccc5)c4N3C2(C)C)cc1. The number of sulfone groups is 1. The second-order valence-electron chi connectivity index (χ2n) is 9.66. The third-order valence-electron chi connectivity index (χ3n) is 6.84. The summed E-state index contributed by atoms with van der Waals surface area (Å²) in [6, 6.07) is 23.0. The fraction of sp³-hybridized carbons (Fsp3) is 0.286. The van der Waals surface area contributed by atoms with Gasteiger partial charge in [0.25, 0.3) is 0 Å². The summed E-state index contributed by atoms with van der Waals surface area (Å²) in [6.45, 7) is 4.45. The summed E-state index contributed by atoms with van der Waals surface area (Å²) < 4.78 is 27.2. The molecule has 6 heteroatoms. The van der Waals surface area contributed by atoms with Crippen LogP contribution in [-0.2, 0) is 16.3 Å². The van der Waals surface area contributed by atoms with Crippen molar-refractivity contribution in [3.63, 3.8) is 0 Å². The smallest absolute Gasteiger partial charge is 0.208 e. The van der Waals surface area contributed by atoms with Gasteiger partial charge in [-0.25, -0.2) is 8.42 Å². The van der Waals surface area contributed by atoms with E-state index < -0.39 is 9.84 Å². The lowest BCUT2D eigenvalue weighted by Crippen LogP contribution is -2.46. The van der Waals surface area contributed by atoms with Crippen molar-refractivity contribution in [1.82, 2.24) is 0 Å². The van der Waals surface area contributed by atoms with Crippen molar-refractivity contribution in [3.05, 3.63) is 90.0 Å². The molecule has 2 unspecified atom stereocenters. The largest absolute Gasteiger partial charge is 0.378 e. The molecule has 0 aromatic heterocycles. The van der Waals surface area contributed by atoms with Crippen LogP contribution in [0.15, 0.2) is 88.7 Å². The molecule has 1 saturated heterocycles. The highest BCUT2D eigenvalue weighted by atomic mass is 32.2. The van der Waals surface area contributed by atoms with Crippen LogP contribution >= 0.6 is 11.8 Å². The summed E-state index contributed by atoms with van der Waals surface area (Å²) in [5.74, 6) is 0. The molecule has 0 amide bonds. The Balaban J connectivity index is 1.48. The van der Waals surface area contributed by atoms with Crippen LogP contribution in [-0.4, -0.2) is 38.7 Å². The van der Waals surface area contributed by atoms with Gasteiger partial charge in [-0.15, -0.1) is 11.8 Å². The predicted molar refractivity (Wildman–Crippen MR) is 144 cm³/mol. The Bertz CT molecular complexity index is 1330. The zero-order valence-corrected chi connectivity index (χ0v) is 21.6. The molecule has 2 aliphatic rings. The van der Waals surface area contributed by atoms with Crippen LogP contribution in [0.3, 0.4) is 0 Å². The summed E-state index contributed by atoms with van der Waals surface area (Å²) in [7, 11) is 0.473. The minimum atomic E-state index is -3.61. The van der Waals surface area contributed by atoms with Gasteiger partial charge in [0, 0.05) is 31.5 Å². The predicted octanol–water partition coefficient (Wildman–Crippen LogP) is 5.88. The minimum absolute atomic E-state index is 0.225. The molecule has 0 N–H and O–H groups in total. The highest BCUT2D eigenvalue weighted by molar-refractivity contribution is 8.01. The minimum Gasteiger partial charge on any atom is -0.378 e. The van der Waals surface area contributed by atoms with Crippen LogP contribution in [0.4, 0.5) is 11.4 Å². The zero-order valence-electron chi connectivity index (χ0n) is 20.0. The number of rotatable bonds is 5. The Morgan fingerprint density at radius 2 is 1.68 bits per heavy atom. The number of hydrogen-bond acceptors (Lipinski definition) is 5. The lowest BCUT2D eigenvalue weighted by molar-refractivity contribution is 0.500. The van der Waals surface area contributed by atoms with E-state index in [1.807, 2.05) is 38.0 Å². The van der Waals surface area contributed by atoms with Crippen LogP contribution in [0.2, 0.25) is 0 Å². The fourth-order valence-electron chi connectivity index (χ4n) is 4.98. The molecule has 0 bridgehead atoms. The van der Waals surface area contributed by atoms with Gasteiger partial charge < -0.3 is 9.80 Å². The van der Waals surface area contributed by atoms with Gasteiger partial charge in [-0.2, -0.15) is 0 Å². The third-order valence-corrected chi connectivity index (χ3v) is 10.4. The summed E-state index contributed by atoms with van der Waals surface area (Å²) in [4.78, 5) is 5.20. The van der Waals surface area contributed by atoms with Crippen molar-refractivity contribution in [1.29, 1.82) is 0 Å². The maximum Gasteiger partial charge on any atom is 0.208 e. The first-order valence-corrected chi connectivity index (χ1v) is 13.9. The van der Waals surface area contributed by atoms with Crippen LogP contribution in [0, 0.1) is 0 Å². The Morgan fingerprint density at radius 3 is 2.35 bits per heavy atom. The topological polar surface area (TPSA) is 40.6 Å². The zero-order chi connectivity index (χ0) is 24.1. The molecule has 3 aromatic carbocycles. The standard InChI is InChI=1S/C28H30N2O2S2/c1-28(2)25(18-15-20-13-16-22(17-14-20)29(3)4)33-26-19-21-9-8-12-24(27(21)30(26)28)34(31,32)23-10-6-5-7-11-23/h5-18,25-26H,19H2,1-4H3. The summed E-state index contributed by atoms with van der Waals surface area (Å²) in [5.41, 5.74) is 4.10. The average molecular weight is 491 g/mol. The molecular weight excluding hydrogens is 460 g/mol. The van der Waals surface area contributed by atoms with Gasteiger partial charge in [-0.3, -0.25) is 0 Å². The summed E-state index contributed by atoms with van der Waals surface area (Å²) in [5, 5.41) is 0.467. The maximum absolute atomic E-state index is 13.6. The number of hydrogen-bond donors (Lipinski definition) is 0. The number of benzene rings is 3. The van der Waals surface area contributed by atoms with Gasteiger partial charge in [0.1, 0.15) is 0 Å². The summed E-state index contributed by atoms with van der Waals surface area (Å²) in [6.07, 6.45) is 5.32. The number of nitrogens with zero attached hydrogens (tertiary/aromatic N) is 2. The van der Waals surface area contributed by atoms with Gasteiger partial charge in [0.05, 0.1) is 26.4 Å². The lowest BCUT2D eigenvalue weighted by Gasteiger charge is -2.36. The molecule has 2 atom stereocenters. The van der Waals surface area contributed by atoms with Crippen molar-refractivity contribution in [3.8, 4) is 0 Å². The van der Waals surface area contributed by atoms with Crippen molar-refractivity contribution in [2.75, 3.05) is 23.9 Å². The number of thioether (sulfide) groups is 1. The Kier molecular flexibility index (Phi) is 5.77. The van der Waals surface area contributed by atoms with Crippen molar-refractivity contribution in [2.24, 2.45) is 0 Å². The molecule has 0 aliphatic carbocycles. The van der Waals surface area contributed by atoms with E-state index in [1.165, 1.54) is 11.3 Å². The first-order valence-electron chi connectivity index (χ1n) is 11.5. The van der Waals surface area contributed by atoms with Crippen molar-refractivity contribution >= 4 is 39.0 Å². The maximum atomic E-state index is 13.6. The number of anilines is 2. The van der Waals surface area contributed by atoms with E-state index in [4.69, 9.17) is 0 Å². The number of para-hydroxylation sites is 1. The van der Waals surface area contributed by atoms with E-state index in [9.17, 15) is 8.42 Å². The molecule has 2 heterocycles. The Labute approximate surface area is 207 Å². The molecule has 0 saturated carbocycles. The third kappa shape index (κ3) is 3.83. The Hall–Kier alpha value is -2.70. The fourth-order valence-corrected chi connectivity index (χ4v) is 8.22. The van der Waals surface area contributed by atoms with Gasteiger partial charge in [0.2, 0.25) is 9.84 Å². The quantitative estimate of drug-likeness (QED) is 0.447. The van der Waals surface area contributed by atoms with E-state index in [-0.39, 0.29) is 16.2 Å². The molecule has 34 heavy (non-hydrogen) atoms. The molecule has 5 rings (SSSR count). The van der Waals surface area contributed by atoms with E-state index in [1.54, 1.807) is 30.3 Å². The Morgan fingerprint density at radius 1 is 0.971 bits per heavy atom.